The van der Waals surface area contributed by atoms with Crippen LogP contribution in [0.3, 0.4) is 0 Å². The van der Waals surface area contributed by atoms with Gasteiger partial charge in [0.15, 0.2) is 0 Å². The maximum atomic E-state index is 14.4. The van der Waals surface area contributed by atoms with E-state index in [0.717, 1.165) is 12.3 Å². The van der Waals surface area contributed by atoms with Crippen molar-refractivity contribution in [3.05, 3.63) is 69.9 Å². The van der Waals surface area contributed by atoms with Gasteiger partial charge in [-0.05, 0) is 30.3 Å². The predicted octanol–water partition coefficient (Wildman–Crippen LogP) is 3.80. The summed E-state index contributed by atoms with van der Waals surface area (Å²) >= 11 is 11.7. The molecule has 1 aliphatic rings. The number of nitrogens with two attached hydrogens (primary N) is 1. The van der Waals surface area contributed by atoms with Crippen LogP contribution in [0.1, 0.15) is 16.1 Å². The van der Waals surface area contributed by atoms with Gasteiger partial charge in [0.05, 0.1) is 16.3 Å². The summed E-state index contributed by atoms with van der Waals surface area (Å²) in [5.41, 5.74) is 3.78. The van der Waals surface area contributed by atoms with Crippen LogP contribution in [0.5, 0.6) is 0 Å². The summed E-state index contributed by atoms with van der Waals surface area (Å²) in [5, 5.41) is 2.84. The van der Waals surface area contributed by atoms with Gasteiger partial charge in [-0.3, -0.25) is 4.79 Å². The SMILES string of the molecule is NC1=N[C@](CF)(c2cc(NC(=O)c3ncc(Cl)cc3Cl)ccc2F)C=CO1. The third-order valence-electron chi connectivity index (χ3n) is 3.76. The average Bonchev–Trinajstić information content (AvgIpc) is 2.63. The van der Waals surface area contributed by atoms with Gasteiger partial charge in [0, 0.05) is 17.4 Å². The van der Waals surface area contributed by atoms with E-state index in [1.165, 1.54) is 30.5 Å². The number of nitrogens with zero attached hydrogens (tertiary/aromatic N) is 2. The van der Waals surface area contributed by atoms with E-state index in [-0.39, 0.29) is 33.0 Å². The lowest BCUT2D eigenvalue weighted by Gasteiger charge is -2.27. The Kier molecular flexibility index (Phi) is 5.29. The fourth-order valence-corrected chi connectivity index (χ4v) is 2.95. The molecule has 3 rings (SSSR count). The van der Waals surface area contributed by atoms with Gasteiger partial charge in [-0.2, -0.15) is 0 Å². The molecule has 6 nitrogen and oxygen atoms in total. The van der Waals surface area contributed by atoms with Crippen LogP contribution in [0.4, 0.5) is 14.5 Å². The number of pyridine rings is 1. The lowest BCUT2D eigenvalue weighted by Crippen LogP contribution is -2.32. The highest BCUT2D eigenvalue weighted by atomic mass is 35.5. The van der Waals surface area contributed by atoms with E-state index >= 15 is 0 Å². The van der Waals surface area contributed by atoms with Crippen LogP contribution in [0.2, 0.25) is 10.0 Å². The van der Waals surface area contributed by atoms with Gasteiger partial charge in [0.1, 0.15) is 23.7 Å². The Labute approximate surface area is 162 Å². The van der Waals surface area contributed by atoms with Gasteiger partial charge in [-0.25, -0.2) is 18.8 Å². The third-order valence-corrected chi connectivity index (χ3v) is 4.25. The molecule has 0 radical (unpaired) electrons. The first-order valence-corrected chi connectivity index (χ1v) is 8.28. The Morgan fingerprint density at radius 1 is 1.33 bits per heavy atom. The van der Waals surface area contributed by atoms with E-state index < -0.39 is 23.9 Å². The number of amidine groups is 1. The van der Waals surface area contributed by atoms with E-state index in [4.69, 9.17) is 33.7 Å². The number of aromatic nitrogens is 1. The number of halogens is 4. The highest BCUT2D eigenvalue weighted by Gasteiger charge is 2.35. The topological polar surface area (TPSA) is 89.6 Å². The van der Waals surface area contributed by atoms with Crippen molar-refractivity contribution in [1.82, 2.24) is 4.98 Å². The van der Waals surface area contributed by atoms with Crippen molar-refractivity contribution in [1.29, 1.82) is 0 Å². The Bertz CT molecular complexity index is 968. The molecule has 1 atom stereocenters. The second kappa shape index (κ2) is 7.50. The Morgan fingerprint density at radius 3 is 2.78 bits per heavy atom. The van der Waals surface area contributed by atoms with Crippen LogP contribution in [0.15, 0.2) is 47.8 Å². The fraction of sp³-hybridized carbons (Fsp3) is 0.118. The molecule has 1 aliphatic heterocycles. The normalized spacial score (nSPS) is 18.6. The lowest BCUT2D eigenvalue weighted by atomic mass is 9.90. The second-order valence-corrected chi connectivity index (χ2v) is 6.40. The molecule has 0 saturated carbocycles. The molecular formula is C17H12Cl2F2N4O2. The van der Waals surface area contributed by atoms with Crippen LogP contribution in [0.25, 0.3) is 0 Å². The van der Waals surface area contributed by atoms with E-state index in [9.17, 15) is 13.6 Å². The minimum Gasteiger partial charge on any atom is -0.434 e. The van der Waals surface area contributed by atoms with Gasteiger partial charge in [0.2, 0.25) is 0 Å². The number of carbonyl (C=O) groups is 1. The van der Waals surface area contributed by atoms with Crippen molar-refractivity contribution in [3.8, 4) is 0 Å². The number of carbonyl (C=O) groups excluding carboxylic acids is 1. The summed E-state index contributed by atoms with van der Waals surface area (Å²) in [4.78, 5) is 20.1. The quantitative estimate of drug-likeness (QED) is 0.798. The minimum atomic E-state index is -1.69. The van der Waals surface area contributed by atoms with Gasteiger partial charge >= 0.3 is 0 Å². The molecule has 140 valence electrons. The van der Waals surface area contributed by atoms with Crippen molar-refractivity contribution in [2.75, 3.05) is 12.0 Å². The molecule has 0 fully saturated rings. The zero-order chi connectivity index (χ0) is 19.6. The van der Waals surface area contributed by atoms with Crippen molar-refractivity contribution in [2.45, 2.75) is 5.54 Å². The molecule has 10 heteroatoms. The molecule has 27 heavy (non-hydrogen) atoms. The van der Waals surface area contributed by atoms with Crippen LogP contribution < -0.4 is 11.1 Å². The first-order chi connectivity index (χ1) is 12.8. The predicted molar refractivity (Wildman–Crippen MR) is 98.1 cm³/mol. The number of rotatable bonds is 4. The Balaban J connectivity index is 1.95. The summed E-state index contributed by atoms with van der Waals surface area (Å²) in [6.45, 7) is -1.06. The molecular weight excluding hydrogens is 401 g/mol. The molecule has 2 heterocycles. The smallest absolute Gasteiger partial charge is 0.288 e. The largest absolute Gasteiger partial charge is 0.434 e. The Hall–Kier alpha value is -2.71. The third kappa shape index (κ3) is 3.86. The molecule has 1 aromatic carbocycles. The van der Waals surface area contributed by atoms with Crippen molar-refractivity contribution in [2.24, 2.45) is 10.7 Å². The number of alkyl halides is 1. The summed E-state index contributed by atoms with van der Waals surface area (Å²) < 4.78 is 33.0. The molecule has 3 N–H and O–H groups in total. The number of nitrogens with one attached hydrogen (secondary N) is 1. The first kappa shape index (κ1) is 19.1. The lowest BCUT2D eigenvalue weighted by molar-refractivity contribution is 0.102. The van der Waals surface area contributed by atoms with E-state index in [1.54, 1.807) is 0 Å². The van der Waals surface area contributed by atoms with E-state index in [2.05, 4.69) is 15.3 Å². The van der Waals surface area contributed by atoms with Gasteiger partial charge in [0.25, 0.3) is 11.9 Å². The highest BCUT2D eigenvalue weighted by molar-refractivity contribution is 6.36. The first-order valence-electron chi connectivity index (χ1n) is 7.53. The summed E-state index contributed by atoms with van der Waals surface area (Å²) in [6.07, 6.45) is 3.63. The molecule has 0 unspecified atom stereocenters. The second-order valence-electron chi connectivity index (χ2n) is 5.56. The standard InChI is InChI=1S/C17H12Cl2F2N4O2/c18-9-5-12(19)14(23-7-9)15(26)24-10-1-2-13(21)11(6-10)17(8-20)3-4-27-16(22)25-17/h1-7H,8H2,(H2,22,25)(H,24,26)/t17-/m1/s1. The molecule has 1 aromatic heterocycles. The minimum absolute atomic E-state index is 0.0484. The number of hydrogen-bond acceptors (Lipinski definition) is 5. The van der Waals surface area contributed by atoms with Crippen LogP contribution in [0, 0.1) is 5.82 Å². The van der Waals surface area contributed by atoms with Crippen molar-refractivity contribution >= 4 is 40.8 Å². The summed E-state index contributed by atoms with van der Waals surface area (Å²) in [6, 6.07) is 4.70. The van der Waals surface area contributed by atoms with Crippen LogP contribution >= 0.6 is 23.2 Å². The Morgan fingerprint density at radius 2 is 2.11 bits per heavy atom. The van der Waals surface area contributed by atoms with Gasteiger partial charge in [-0.15, -0.1) is 0 Å². The molecule has 1 amide bonds. The van der Waals surface area contributed by atoms with Crippen LogP contribution in [-0.4, -0.2) is 23.6 Å². The van der Waals surface area contributed by atoms with Crippen molar-refractivity contribution in [3.63, 3.8) is 0 Å². The van der Waals surface area contributed by atoms with Gasteiger partial charge in [-0.1, -0.05) is 23.2 Å². The van der Waals surface area contributed by atoms with Gasteiger partial charge < -0.3 is 15.8 Å². The zero-order valence-electron chi connectivity index (χ0n) is 13.5. The number of ether oxygens (including phenoxy) is 1. The molecule has 0 aliphatic carbocycles. The van der Waals surface area contributed by atoms with E-state index in [0.29, 0.717) is 0 Å². The number of hydrogen-bond donors (Lipinski definition) is 2. The molecule has 0 saturated heterocycles. The number of amides is 1. The zero-order valence-corrected chi connectivity index (χ0v) is 15.1. The van der Waals surface area contributed by atoms with E-state index in [1.807, 2.05) is 0 Å². The summed E-state index contributed by atoms with van der Waals surface area (Å²) in [7, 11) is 0. The maximum Gasteiger partial charge on any atom is 0.288 e. The maximum absolute atomic E-state index is 14.4. The molecule has 2 aromatic rings. The average molecular weight is 413 g/mol. The van der Waals surface area contributed by atoms with Crippen LogP contribution in [-0.2, 0) is 10.3 Å². The number of anilines is 1. The van der Waals surface area contributed by atoms with Crippen molar-refractivity contribution < 1.29 is 18.3 Å². The summed E-state index contributed by atoms with van der Waals surface area (Å²) in [5.74, 6) is -1.37. The highest BCUT2D eigenvalue weighted by Crippen LogP contribution is 2.34. The number of aliphatic imine (C=N–C) groups is 1. The molecule has 0 bridgehead atoms. The fourth-order valence-electron chi connectivity index (χ4n) is 2.48. The number of benzene rings is 1. The molecule has 0 spiro atoms. The monoisotopic (exact) mass is 412 g/mol.